The summed E-state index contributed by atoms with van der Waals surface area (Å²) in [5.74, 6) is -0.382. The van der Waals surface area contributed by atoms with Crippen LogP contribution in [-0.4, -0.2) is 25.1 Å². The number of hydrogen-bond acceptors (Lipinski definition) is 6. The molecular formula is C7H4N5O3-. The number of tetrazole rings is 1. The van der Waals surface area contributed by atoms with E-state index >= 15 is 0 Å². The zero-order valence-electron chi connectivity index (χ0n) is 7.27. The first-order chi connectivity index (χ1) is 7.18. The molecule has 0 unspecified atom stereocenters. The Balaban J connectivity index is 2.55. The number of nitrogens with zero attached hydrogens (tertiary/aromatic N) is 5. The summed E-state index contributed by atoms with van der Waals surface area (Å²) in [6.45, 7) is 0. The van der Waals surface area contributed by atoms with Gasteiger partial charge in [-0.05, 0) is 10.4 Å². The lowest BCUT2D eigenvalue weighted by Gasteiger charge is -2.10. The summed E-state index contributed by atoms with van der Waals surface area (Å²) in [6, 6.07) is 3.37. The lowest BCUT2D eigenvalue weighted by molar-refractivity contribution is -0.385. The first-order valence-electron chi connectivity index (χ1n) is 3.87. The largest absolute Gasteiger partial charge is 0.871 e. The Morgan fingerprint density at radius 3 is 2.80 bits per heavy atom. The van der Waals surface area contributed by atoms with Crippen LogP contribution in [0.2, 0.25) is 0 Å². The fourth-order valence-electron chi connectivity index (χ4n) is 1.07. The standard InChI is InChI=1S/C7H5N5O3/c13-7-2-1-5(12(14)15)3-6(7)11-4-8-9-10-11/h1-4,13H/p-1. The zero-order valence-corrected chi connectivity index (χ0v) is 7.27. The van der Waals surface area contributed by atoms with Crippen LogP contribution < -0.4 is 5.11 Å². The van der Waals surface area contributed by atoms with Gasteiger partial charge >= 0.3 is 0 Å². The second kappa shape index (κ2) is 3.33. The lowest BCUT2D eigenvalue weighted by Crippen LogP contribution is -2.03. The van der Waals surface area contributed by atoms with Crippen LogP contribution in [0.5, 0.6) is 5.75 Å². The highest BCUT2D eigenvalue weighted by atomic mass is 16.6. The summed E-state index contributed by atoms with van der Waals surface area (Å²) in [4.78, 5) is 9.89. The Hall–Kier alpha value is -2.51. The van der Waals surface area contributed by atoms with E-state index in [1.807, 2.05) is 0 Å². The van der Waals surface area contributed by atoms with Gasteiger partial charge in [0.2, 0.25) is 0 Å². The van der Waals surface area contributed by atoms with Crippen molar-refractivity contribution in [1.82, 2.24) is 20.2 Å². The van der Waals surface area contributed by atoms with Crippen LogP contribution in [-0.2, 0) is 0 Å². The van der Waals surface area contributed by atoms with Crippen molar-refractivity contribution in [3.8, 4) is 11.4 Å². The third-order valence-corrected chi connectivity index (χ3v) is 1.75. The highest BCUT2D eigenvalue weighted by Crippen LogP contribution is 2.23. The zero-order chi connectivity index (χ0) is 10.8. The molecule has 15 heavy (non-hydrogen) atoms. The Morgan fingerprint density at radius 1 is 1.40 bits per heavy atom. The van der Waals surface area contributed by atoms with Gasteiger partial charge in [-0.25, -0.2) is 4.68 Å². The molecule has 0 atom stereocenters. The van der Waals surface area contributed by atoms with E-state index in [4.69, 9.17) is 0 Å². The molecule has 0 amide bonds. The molecule has 1 heterocycles. The molecule has 0 aliphatic rings. The minimum atomic E-state index is -0.590. The van der Waals surface area contributed by atoms with Crippen molar-refractivity contribution in [2.45, 2.75) is 0 Å². The average molecular weight is 206 g/mol. The predicted molar refractivity (Wildman–Crippen MR) is 45.3 cm³/mol. The van der Waals surface area contributed by atoms with Gasteiger partial charge in [-0.3, -0.25) is 10.1 Å². The Kier molecular flexibility index (Phi) is 2.01. The summed E-state index contributed by atoms with van der Waals surface area (Å²) >= 11 is 0. The maximum atomic E-state index is 11.4. The van der Waals surface area contributed by atoms with Crippen molar-refractivity contribution in [3.63, 3.8) is 0 Å². The van der Waals surface area contributed by atoms with E-state index in [9.17, 15) is 15.2 Å². The molecule has 0 bridgehead atoms. The van der Waals surface area contributed by atoms with Crippen LogP contribution in [0.25, 0.3) is 5.69 Å². The van der Waals surface area contributed by atoms with Gasteiger partial charge in [0.1, 0.15) is 6.33 Å². The van der Waals surface area contributed by atoms with Crippen molar-refractivity contribution in [2.75, 3.05) is 0 Å². The van der Waals surface area contributed by atoms with E-state index in [1.165, 1.54) is 6.33 Å². The van der Waals surface area contributed by atoms with Crippen LogP contribution in [0.3, 0.4) is 0 Å². The normalized spacial score (nSPS) is 10.1. The third-order valence-electron chi connectivity index (χ3n) is 1.75. The molecule has 0 radical (unpaired) electrons. The van der Waals surface area contributed by atoms with Gasteiger partial charge in [0.15, 0.2) is 0 Å². The SMILES string of the molecule is O=[N+]([O-])c1ccc([O-])c(-n2cnnn2)c1. The van der Waals surface area contributed by atoms with Crippen molar-refractivity contribution in [2.24, 2.45) is 0 Å². The van der Waals surface area contributed by atoms with Crippen molar-refractivity contribution < 1.29 is 10.0 Å². The fourth-order valence-corrected chi connectivity index (χ4v) is 1.07. The van der Waals surface area contributed by atoms with E-state index in [1.54, 1.807) is 0 Å². The quantitative estimate of drug-likeness (QED) is 0.490. The number of rotatable bonds is 2. The van der Waals surface area contributed by atoms with Gasteiger partial charge in [0.25, 0.3) is 5.69 Å². The second-order valence-corrected chi connectivity index (χ2v) is 2.66. The minimum Gasteiger partial charge on any atom is -0.871 e. The number of nitro benzene ring substituents is 1. The summed E-state index contributed by atoms with van der Waals surface area (Å²) in [5.41, 5.74) is -0.130. The monoisotopic (exact) mass is 206 g/mol. The number of benzene rings is 1. The second-order valence-electron chi connectivity index (χ2n) is 2.66. The molecule has 0 aliphatic heterocycles. The van der Waals surface area contributed by atoms with Crippen molar-refractivity contribution >= 4 is 5.69 Å². The van der Waals surface area contributed by atoms with Gasteiger partial charge in [0.05, 0.1) is 10.6 Å². The smallest absolute Gasteiger partial charge is 0.271 e. The maximum absolute atomic E-state index is 11.4. The summed E-state index contributed by atoms with van der Waals surface area (Å²) < 4.78 is 1.08. The lowest BCUT2D eigenvalue weighted by atomic mass is 10.2. The van der Waals surface area contributed by atoms with E-state index in [0.717, 1.165) is 22.9 Å². The molecule has 76 valence electrons. The third kappa shape index (κ3) is 1.59. The molecule has 2 aromatic rings. The Bertz CT molecular complexity index is 495. The first kappa shape index (κ1) is 9.06. The number of nitro groups is 1. The molecule has 0 N–H and O–H groups in total. The number of non-ortho nitro benzene ring substituents is 1. The van der Waals surface area contributed by atoms with Gasteiger partial charge in [-0.1, -0.05) is 11.8 Å². The van der Waals surface area contributed by atoms with Gasteiger partial charge in [0, 0.05) is 12.1 Å². The van der Waals surface area contributed by atoms with E-state index in [-0.39, 0.29) is 17.1 Å². The van der Waals surface area contributed by atoms with Crippen molar-refractivity contribution in [3.05, 3.63) is 34.6 Å². The molecule has 1 aromatic carbocycles. The molecule has 2 rings (SSSR count). The summed E-state index contributed by atoms with van der Waals surface area (Å²) in [6.07, 6.45) is 1.19. The van der Waals surface area contributed by atoms with Crippen LogP contribution in [0.4, 0.5) is 5.69 Å². The fraction of sp³-hybridized carbons (Fsp3) is 0. The molecule has 8 nitrogen and oxygen atoms in total. The van der Waals surface area contributed by atoms with Gasteiger partial charge < -0.3 is 5.11 Å². The van der Waals surface area contributed by atoms with E-state index < -0.39 is 4.92 Å². The van der Waals surface area contributed by atoms with Crippen LogP contribution >= 0.6 is 0 Å². The summed E-state index contributed by atoms with van der Waals surface area (Å²) in [5, 5.41) is 32.0. The highest BCUT2D eigenvalue weighted by Gasteiger charge is 2.08. The van der Waals surface area contributed by atoms with Crippen LogP contribution in [0.15, 0.2) is 24.5 Å². The molecule has 0 aliphatic carbocycles. The average Bonchev–Trinajstić information content (AvgIpc) is 2.71. The molecule has 0 spiro atoms. The maximum Gasteiger partial charge on any atom is 0.271 e. The van der Waals surface area contributed by atoms with Crippen LogP contribution in [0, 0.1) is 10.1 Å². The Morgan fingerprint density at radius 2 is 2.20 bits per heavy atom. The first-order valence-corrected chi connectivity index (χ1v) is 3.87. The molecule has 0 saturated heterocycles. The van der Waals surface area contributed by atoms with Crippen molar-refractivity contribution in [1.29, 1.82) is 0 Å². The Labute approximate surface area is 82.9 Å². The van der Waals surface area contributed by atoms with Crippen LogP contribution in [0.1, 0.15) is 0 Å². The molecular weight excluding hydrogens is 202 g/mol. The molecule has 0 saturated carbocycles. The topological polar surface area (TPSA) is 110 Å². The predicted octanol–water partition coefficient (Wildman–Crippen LogP) is -0.356. The van der Waals surface area contributed by atoms with Gasteiger partial charge in [-0.2, -0.15) is 0 Å². The summed E-state index contributed by atoms with van der Waals surface area (Å²) in [7, 11) is 0. The number of aromatic nitrogens is 4. The van der Waals surface area contributed by atoms with E-state index in [2.05, 4.69) is 15.5 Å². The molecule has 0 fully saturated rings. The van der Waals surface area contributed by atoms with E-state index in [0.29, 0.717) is 0 Å². The number of hydrogen-bond donors (Lipinski definition) is 0. The highest BCUT2D eigenvalue weighted by molar-refractivity contribution is 5.51. The molecule has 1 aromatic heterocycles. The molecule has 8 heteroatoms. The van der Waals surface area contributed by atoms with Gasteiger partial charge in [-0.15, -0.1) is 5.10 Å². The minimum absolute atomic E-state index is 0.0502.